The van der Waals surface area contributed by atoms with Gasteiger partial charge in [0.25, 0.3) is 0 Å². The molecule has 20 heavy (non-hydrogen) atoms. The molecule has 1 atom stereocenters. The largest absolute Gasteiger partial charge is 0.491 e. The maximum absolute atomic E-state index is 5.70. The van der Waals surface area contributed by atoms with E-state index >= 15 is 0 Å². The van der Waals surface area contributed by atoms with Gasteiger partial charge in [0.15, 0.2) is 0 Å². The van der Waals surface area contributed by atoms with Crippen molar-refractivity contribution in [2.24, 2.45) is 0 Å². The number of rotatable bonds is 10. The molecule has 0 fully saturated rings. The summed E-state index contributed by atoms with van der Waals surface area (Å²) < 4.78 is 5.70. The highest BCUT2D eigenvalue weighted by molar-refractivity contribution is 7.99. The van der Waals surface area contributed by atoms with Crippen molar-refractivity contribution in [1.29, 1.82) is 0 Å². The monoisotopic (exact) mass is 295 g/mol. The molecule has 0 amide bonds. The van der Waals surface area contributed by atoms with Crippen LogP contribution in [0.1, 0.15) is 52.1 Å². The molecule has 0 aromatic heterocycles. The van der Waals surface area contributed by atoms with Crippen LogP contribution in [0, 0.1) is 0 Å². The zero-order valence-corrected chi connectivity index (χ0v) is 14.1. The van der Waals surface area contributed by atoms with Crippen LogP contribution in [0.5, 0.6) is 5.75 Å². The van der Waals surface area contributed by atoms with Gasteiger partial charge < -0.3 is 10.1 Å². The van der Waals surface area contributed by atoms with Gasteiger partial charge >= 0.3 is 0 Å². The number of unbranched alkanes of at least 4 members (excludes halogenated alkanes) is 1. The van der Waals surface area contributed by atoms with Gasteiger partial charge in [-0.1, -0.05) is 32.4 Å². The quantitative estimate of drug-likeness (QED) is 0.634. The number of ether oxygens (including phenoxy) is 1. The van der Waals surface area contributed by atoms with Crippen molar-refractivity contribution in [3.05, 3.63) is 29.8 Å². The lowest BCUT2D eigenvalue weighted by atomic mass is 10.1. The molecule has 2 nitrogen and oxygen atoms in total. The highest BCUT2D eigenvalue weighted by atomic mass is 32.2. The topological polar surface area (TPSA) is 21.3 Å². The molecule has 0 aliphatic carbocycles. The Kier molecular flexibility index (Phi) is 8.79. The summed E-state index contributed by atoms with van der Waals surface area (Å²) in [6.07, 6.45) is 2.82. The third kappa shape index (κ3) is 6.67. The van der Waals surface area contributed by atoms with Crippen molar-refractivity contribution < 1.29 is 4.74 Å². The molecule has 1 unspecified atom stereocenters. The van der Waals surface area contributed by atoms with Crippen molar-refractivity contribution in [3.8, 4) is 5.75 Å². The summed E-state index contributed by atoms with van der Waals surface area (Å²) in [4.78, 5) is 0. The van der Waals surface area contributed by atoms with Crippen LogP contribution >= 0.6 is 11.8 Å². The number of nitrogens with one attached hydrogen (secondary N) is 1. The Morgan fingerprint density at radius 1 is 1.15 bits per heavy atom. The van der Waals surface area contributed by atoms with Crippen LogP contribution in [0.4, 0.5) is 0 Å². The third-order valence-corrected chi connectivity index (χ3v) is 4.18. The summed E-state index contributed by atoms with van der Waals surface area (Å²) in [7, 11) is 0. The molecule has 0 bridgehead atoms. The Bertz CT molecular complexity index is 351. The van der Waals surface area contributed by atoms with E-state index in [0.717, 1.165) is 18.0 Å². The maximum atomic E-state index is 5.70. The van der Waals surface area contributed by atoms with Crippen LogP contribution in [0.25, 0.3) is 0 Å². The number of thioether (sulfide) groups is 1. The van der Waals surface area contributed by atoms with E-state index in [1.165, 1.54) is 24.2 Å². The third-order valence-electron chi connectivity index (χ3n) is 3.03. The normalized spacial score (nSPS) is 12.7. The first kappa shape index (κ1) is 17.4. The fraction of sp³-hybridized carbons (Fsp3) is 0.647. The van der Waals surface area contributed by atoms with Crippen LogP contribution in [-0.4, -0.2) is 24.2 Å². The van der Waals surface area contributed by atoms with Gasteiger partial charge in [0.1, 0.15) is 5.75 Å². The first-order chi connectivity index (χ1) is 9.67. The van der Waals surface area contributed by atoms with Crippen molar-refractivity contribution in [3.63, 3.8) is 0 Å². The Balaban J connectivity index is 2.56. The van der Waals surface area contributed by atoms with Gasteiger partial charge in [-0.15, -0.1) is 0 Å². The molecule has 114 valence electrons. The van der Waals surface area contributed by atoms with E-state index in [2.05, 4.69) is 57.3 Å². The molecule has 0 saturated carbocycles. The molecule has 0 spiro atoms. The van der Waals surface area contributed by atoms with E-state index in [9.17, 15) is 0 Å². The molecular formula is C17H29NOS. The molecule has 1 aromatic rings. The first-order valence-electron chi connectivity index (χ1n) is 7.75. The molecule has 0 aliphatic rings. The molecule has 0 radical (unpaired) electrons. The predicted molar refractivity (Wildman–Crippen MR) is 90.9 cm³/mol. The second kappa shape index (κ2) is 10.1. The van der Waals surface area contributed by atoms with Gasteiger partial charge in [-0.3, -0.25) is 0 Å². The van der Waals surface area contributed by atoms with E-state index in [1.807, 2.05) is 11.8 Å². The first-order valence-corrected chi connectivity index (χ1v) is 8.90. The molecule has 0 aliphatic heterocycles. The number of hydrogen-bond acceptors (Lipinski definition) is 3. The Morgan fingerprint density at radius 2 is 1.85 bits per heavy atom. The Morgan fingerprint density at radius 3 is 2.40 bits per heavy atom. The molecule has 1 aromatic carbocycles. The fourth-order valence-electron chi connectivity index (χ4n) is 2.02. The van der Waals surface area contributed by atoms with Gasteiger partial charge in [0, 0.05) is 11.8 Å². The second-order valence-electron chi connectivity index (χ2n) is 5.27. The summed E-state index contributed by atoms with van der Waals surface area (Å²) in [5, 5.41) is 3.57. The molecule has 1 N–H and O–H groups in total. The molecule has 1 rings (SSSR count). The van der Waals surface area contributed by atoms with E-state index in [-0.39, 0.29) is 6.10 Å². The van der Waals surface area contributed by atoms with Crippen molar-refractivity contribution in [2.45, 2.75) is 52.7 Å². The SMILES string of the molecule is CCCCSCC(NCC)c1ccc(OC(C)C)cc1. The van der Waals surface area contributed by atoms with Gasteiger partial charge in [-0.2, -0.15) is 11.8 Å². The number of hydrogen-bond donors (Lipinski definition) is 1. The van der Waals surface area contributed by atoms with Crippen LogP contribution in [-0.2, 0) is 0 Å². The fourth-order valence-corrected chi connectivity index (χ4v) is 3.22. The predicted octanol–water partition coefficient (Wildman–Crippen LogP) is 4.66. The summed E-state index contributed by atoms with van der Waals surface area (Å²) in [6.45, 7) is 9.53. The van der Waals surface area contributed by atoms with Crippen LogP contribution in [0.3, 0.4) is 0 Å². The van der Waals surface area contributed by atoms with E-state index in [1.54, 1.807) is 0 Å². The molecular weight excluding hydrogens is 266 g/mol. The van der Waals surface area contributed by atoms with E-state index in [0.29, 0.717) is 6.04 Å². The minimum Gasteiger partial charge on any atom is -0.491 e. The average Bonchev–Trinajstić information content (AvgIpc) is 2.43. The highest BCUT2D eigenvalue weighted by Gasteiger charge is 2.10. The Hall–Kier alpha value is -0.670. The van der Waals surface area contributed by atoms with Crippen LogP contribution < -0.4 is 10.1 Å². The van der Waals surface area contributed by atoms with Gasteiger partial charge in [-0.05, 0) is 50.3 Å². The second-order valence-corrected chi connectivity index (χ2v) is 6.42. The van der Waals surface area contributed by atoms with Gasteiger partial charge in [0.2, 0.25) is 0 Å². The summed E-state index contributed by atoms with van der Waals surface area (Å²) >= 11 is 2.04. The lowest BCUT2D eigenvalue weighted by Crippen LogP contribution is -2.23. The summed E-state index contributed by atoms with van der Waals surface area (Å²) in [6, 6.07) is 8.97. The lowest BCUT2D eigenvalue weighted by Gasteiger charge is -2.19. The lowest BCUT2D eigenvalue weighted by molar-refractivity contribution is 0.242. The summed E-state index contributed by atoms with van der Waals surface area (Å²) in [5.74, 6) is 3.35. The molecule has 0 saturated heterocycles. The maximum Gasteiger partial charge on any atom is 0.119 e. The van der Waals surface area contributed by atoms with Gasteiger partial charge in [-0.25, -0.2) is 0 Å². The van der Waals surface area contributed by atoms with Crippen molar-refractivity contribution in [2.75, 3.05) is 18.1 Å². The smallest absolute Gasteiger partial charge is 0.119 e. The van der Waals surface area contributed by atoms with Gasteiger partial charge in [0.05, 0.1) is 6.10 Å². The minimum absolute atomic E-state index is 0.231. The van der Waals surface area contributed by atoms with Crippen LogP contribution in [0.15, 0.2) is 24.3 Å². The van der Waals surface area contributed by atoms with Crippen LogP contribution in [0.2, 0.25) is 0 Å². The zero-order chi connectivity index (χ0) is 14.8. The van der Waals surface area contributed by atoms with E-state index < -0.39 is 0 Å². The minimum atomic E-state index is 0.231. The Labute approximate surface area is 128 Å². The van der Waals surface area contributed by atoms with E-state index in [4.69, 9.17) is 4.74 Å². The summed E-state index contributed by atoms with van der Waals surface area (Å²) in [5.41, 5.74) is 1.35. The van der Waals surface area contributed by atoms with Crippen molar-refractivity contribution >= 4 is 11.8 Å². The zero-order valence-electron chi connectivity index (χ0n) is 13.3. The highest BCUT2D eigenvalue weighted by Crippen LogP contribution is 2.22. The van der Waals surface area contributed by atoms with Crippen molar-refractivity contribution in [1.82, 2.24) is 5.32 Å². The number of benzene rings is 1. The average molecular weight is 295 g/mol. The molecule has 3 heteroatoms. The molecule has 0 heterocycles. The standard InChI is InChI=1S/C17H29NOS/c1-5-7-12-20-13-17(18-6-2)15-8-10-16(11-9-15)19-14(3)4/h8-11,14,17-18H,5-7,12-13H2,1-4H3.